The van der Waals surface area contributed by atoms with Gasteiger partial charge in [0.25, 0.3) is 0 Å². The minimum atomic E-state index is -1.15. The Morgan fingerprint density at radius 2 is 2.16 bits per heavy atom. The SMILES string of the molecule is COc1cccc(CNC(=O)NC(C)C(=O)O)c1F. The van der Waals surface area contributed by atoms with Crippen LogP contribution in [0.1, 0.15) is 12.5 Å². The molecule has 0 aromatic heterocycles. The molecule has 0 aliphatic carbocycles. The van der Waals surface area contributed by atoms with E-state index < -0.39 is 23.9 Å². The number of hydrogen-bond donors (Lipinski definition) is 3. The van der Waals surface area contributed by atoms with Crippen LogP contribution >= 0.6 is 0 Å². The number of amides is 2. The molecule has 0 radical (unpaired) electrons. The van der Waals surface area contributed by atoms with Crippen molar-refractivity contribution in [2.24, 2.45) is 0 Å². The summed E-state index contributed by atoms with van der Waals surface area (Å²) in [5.74, 6) is -1.63. The number of ether oxygens (including phenoxy) is 1. The molecule has 0 aliphatic heterocycles. The summed E-state index contributed by atoms with van der Waals surface area (Å²) in [7, 11) is 1.34. The van der Waals surface area contributed by atoms with E-state index >= 15 is 0 Å². The van der Waals surface area contributed by atoms with Crippen molar-refractivity contribution in [3.8, 4) is 5.75 Å². The second kappa shape index (κ2) is 6.58. The Labute approximate surface area is 109 Å². The van der Waals surface area contributed by atoms with Crippen molar-refractivity contribution in [3.63, 3.8) is 0 Å². The first-order valence-electron chi connectivity index (χ1n) is 5.54. The fraction of sp³-hybridized carbons (Fsp3) is 0.333. The molecule has 0 saturated carbocycles. The molecule has 6 nitrogen and oxygen atoms in total. The van der Waals surface area contributed by atoms with Gasteiger partial charge in [0.05, 0.1) is 7.11 Å². The maximum atomic E-state index is 13.7. The minimum absolute atomic E-state index is 0.0682. The van der Waals surface area contributed by atoms with E-state index in [0.717, 1.165) is 0 Å². The standard InChI is InChI=1S/C12H15FN2O4/c1-7(11(16)17)15-12(18)14-6-8-4-3-5-9(19-2)10(8)13/h3-5,7H,6H2,1-2H3,(H,16,17)(H2,14,15,18). The molecule has 2 amide bonds. The van der Waals surface area contributed by atoms with E-state index in [4.69, 9.17) is 9.84 Å². The molecule has 1 aromatic rings. The third-order valence-electron chi connectivity index (χ3n) is 2.42. The van der Waals surface area contributed by atoms with E-state index in [1.54, 1.807) is 6.07 Å². The molecule has 0 spiro atoms. The normalized spacial score (nSPS) is 11.5. The second-order valence-electron chi connectivity index (χ2n) is 3.82. The highest BCUT2D eigenvalue weighted by molar-refractivity contribution is 5.82. The number of rotatable bonds is 5. The summed E-state index contributed by atoms with van der Waals surface area (Å²) in [5, 5.41) is 13.2. The third-order valence-corrected chi connectivity index (χ3v) is 2.42. The number of carboxylic acid groups (broad SMARTS) is 1. The lowest BCUT2D eigenvalue weighted by Gasteiger charge is -2.12. The molecular weight excluding hydrogens is 255 g/mol. The summed E-state index contributed by atoms with van der Waals surface area (Å²) < 4.78 is 18.5. The molecule has 1 aromatic carbocycles. The number of nitrogens with one attached hydrogen (secondary N) is 2. The van der Waals surface area contributed by atoms with Crippen LogP contribution in [-0.4, -0.2) is 30.3 Å². The molecule has 1 rings (SSSR count). The number of carbonyl (C=O) groups excluding carboxylic acids is 1. The Morgan fingerprint density at radius 1 is 1.47 bits per heavy atom. The number of aliphatic carboxylic acids is 1. The topological polar surface area (TPSA) is 87.7 Å². The average molecular weight is 270 g/mol. The monoisotopic (exact) mass is 270 g/mol. The predicted molar refractivity (Wildman–Crippen MR) is 65.4 cm³/mol. The maximum Gasteiger partial charge on any atom is 0.325 e. The van der Waals surface area contributed by atoms with E-state index in [0.29, 0.717) is 0 Å². The van der Waals surface area contributed by atoms with Gasteiger partial charge in [-0.25, -0.2) is 9.18 Å². The van der Waals surface area contributed by atoms with Crippen LogP contribution in [0.4, 0.5) is 9.18 Å². The fourth-order valence-electron chi connectivity index (χ4n) is 1.34. The minimum Gasteiger partial charge on any atom is -0.494 e. The highest BCUT2D eigenvalue weighted by Gasteiger charge is 2.14. The molecule has 0 saturated heterocycles. The van der Waals surface area contributed by atoms with Crippen LogP contribution in [-0.2, 0) is 11.3 Å². The van der Waals surface area contributed by atoms with Crippen molar-refractivity contribution in [1.29, 1.82) is 0 Å². The molecule has 3 N–H and O–H groups in total. The van der Waals surface area contributed by atoms with Gasteiger partial charge in [0.1, 0.15) is 6.04 Å². The summed E-state index contributed by atoms with van der Waals surface area (Å²) in [6.45, 7) is 1.26. The molecule has 0 heterocycles. The zero-order chi connectivity index (χ0) is 14.4. The zero-order valence-electron chi connectivity index (χ0n) is 10.6. The van der Waals surface area contributed by atoms with Gasteiger partial charge in [-0.1, -0.05) is 12.1 Å². The highest BCUT2D eigenvalue weighted by Crippen LogP contribution is 2.19. The zero-order valence-corrected chi connectivity index (χ0v) is 10.6. The van der Waals surface area contributed by atoms with Crippen LogP contribution < -0.4 is 15.4 Å². The first kappa shape index (κ1) is 14.7. The van der Waals surface area contributed by atoms with Gasteiger partial charge in [0, 0.05) is 12.1 Å². The number of methoxy groups -OCH3 is 1. The first-order valence-corrected chi connectivity index (χ1v) is 5.54. The Balaban J connectivity index is 2.58. The van der Waals surface area contributed by atoms with Gasteiger partial charge in [0.2, 0.25) is 0 Å². The number of urea groups is 1. The van der Waals surface area contributed by atoms with Gasteiger partial charge in [-0.15, -0.1) is 0 Å². The smallest absolute Gasteiger partial charge is 0.325 e. The van der Waals surface area contributed by atoms with Crippen molar-refractivity contribution >= 4 is 12.0 Å². The molecule has 7 heteroatoms. The van der Waals surface area contributed by atoms with E-state index in [2.05, 4.69) is 10.6 Å². The van der Waals surface area contributed by atoms with Gasteiger partial charge >= 0.3 is 12.0 Å². The molecular formula is C12H15FN2O4. The number of benzene rings is 1. The van der Waals surface area contributed by atoms with Crippen LogP contribution in [0.5, 0.6) is 5.75 Å². The molecule has 104 valence electrons. The summed E-state index contributed by atoms with van der Waals surface area (Å²) in [6.07, 6.45) is 0. The van der Waals surface area contributed by atoms with Crippen LogP contribution in [0.3, 0.4) is 0 Å². The highest BCUT2D eigenvalue weighted by atomic mass is 19.1. The Morgan fingerprint density at radius 3 is 2.74 bits per heavy atom. The van der Waals surface area contributed by atoms with Crippen molar-refractivity contribution in [3.05, 3.63) is 29.6 Å². The summed E-state index contributed by atoms with van der Waals surface area (Å²) in [4.78, 5) is 21.9. The van der Waals surface area contributed by atoms with Gasteiger partial charge < -0.3 is 20.5 Å². The second-order valence-corrected chi connectivity index (χ2v) is 3.82. The summed E-state index contributed by atoms with van der Waals surface area (Å²) in [6, 6.07) is 2.85. The Bertz CT molecular complexity index is 479. The number of carbonyl (C=O) groups is 2. The predicted octanol–water partition coefficient (Wildman–Crippen LogP) is 1.11. The van der Waals surface area contributed by atoms with Gasteiger partial charge in [-0.2, -0.15) is 0 Å². The van der Waals surface area contributed by atoms with Crippen LogP contribution in [0.25, 0.3) is 0 Å². The molecule has 0 bridgehead atoms. The Hall–Kier alpha value is -2.31. The average Bonchev–Trinajstić information content (AvgIpc) is 2.37. The maximum absolute atomic E-state index is 13.7. The molecule has 19 heavy (non-hydrogen) atoms. The largest absolute Gasteiger partial charge is 0.494 e. The number of carboxylic acids is 1. The number of halogens is 1. The van der Waals surface area contributed by atoms with E-state index in [-0.39, 0.29) is 17.9 Å². The summed E-state index contributed by atoms with van der Waals surface area (Å²) in [5.41, 5.74) is 0.248. The van der Waals surface area contributed by atoms with Crippen LogP contribution in [0.2, 0.25) is 0 Å². The van der Waals surface area contributed by atoms with Crippen molar-refractivity contribution < 1.29 is 23.8 Å². The number of hydrogen-bond acceptors (Lipinski definition) is 3. The van der Waals surface area contributed by atoms with Gasteiger partial charge in [-0.05, 0) is 13.0 Å². The van der Waals surface area contributed by atoms with Gasteiger partial charge in [0.15, 0.2) is 11.6 Å². The Kier molecular flexibility index (Phi) is 5.11. The van der Waals surface area contributed by atoms with E-state index in [9.17, 15) is 14.0 Å². The molecule has 1 unspecified atom stereocenters. The molecule has 0 aliphatic rings. The van der Waals surface area contributed by atoms with E-state index in [1.807, 2.05) is 0 Å². The summed E-state index contributed by atoms with van der Waals surface area (Å²) >= 11 is 0. The van der Waals surface area contributed by atoms with Crippen molar-refractivity contribution in [2.45, 2.75) is 19.5 Å². The quantitative estimate of drug-likeness (QED) is 0.747. The van der Waals surface area contributed by atoms with E-state index in [1.165, 1.54) is 26.2 Å². The molecule has 1 atom stereocenters. The van der Waals surface area contributed by atoms with Crippen molar-refractivity contribution in [1.82, 2.24) is 10.6 Å². The lowest BCUT2D eigenvalue weighted by atomic mass is 10.2. The van der Waals surface area contributed by atoms with Crippen LogP contribution in [0.15, 0.2) is 18.2 Å². The lowest BCUT2D eigenvalue weighted by Crippen LogP contribution is -2.44. The third kappa shape index (κ3) is 4.13. The lowest BCUT2D eigenvalue weighted by molar-refractivity contribution is -0.138. The molecule has 0 fully saturated rings. The fourth-order valence-corrected chi connectivity index (χ4v) is 1.34. The van der Waals surface area contributed by atoms with Crippen LogP contribution in [0, 0.1) is 5.82 Å². The van der Waals surface area contributed by atoms with Crippen molar-refractivity contribution in [2.75, 3.05) is 7.11 Å². The first-order chi connectivity index (χ1) is 8.95. The van der Waals surface area contributed by atoms with Gasteiger partial charge in [-0.3, -0.25) is 4.79 Å².